The van der Waals surface area contributed by atoms with E-state index in [9.17, 15) is 14.4 Å². The summed E-state index contributed by atoms with van der Waals surface area (Å²) in [5, 5.41) is 5.08. The van der Waals surface area contributed by atoms with Crippen LogP contribution in [0.25, 0.3) is 0 Å². The topological polar surface area (TPSA) is 114 Å². The number of hydrogen-bond donors (Lipinski definition) is 2. The summed E-state index contributed by atoms with van der Waals surface area (Å²) >= 11 is 0. The van der Waals surface area contributed by atoms with Gasteiger partial charge in [-0.25, -0.2) is 0 Å². The van der Waals surface area contributed by atoms with Gasteiger partial charge in [-0.05, 0) is 17.7 Å². The molecule has 2 N–H and O–H groups in total. The molecule has 2 aromatic rings. The summed E-state index contributed by atoms with van der Waals surface area (Å²) in [4.78, 5) is 46.6. The number of fused-ring (bicyclic) bond motifs is 1. The third-order valence-corrected chi connectivity index (χ3v) is 4.54. The van der Waals surface area contributed by atoms with Crippen molar-refractivity contribution in [2.45, 2.75) is 12.1 Å². The lowest BCUT2D eigenvalue weighted by atomic mass is 9.93. The normalized spacial score (nSPS) is 14.9. The molecule has 1 aromatic carbocycles. The number of hydrogen-bond acceptors (Lipinski definition) is 6. The van der Waals surface area contributed by atoms with Gasteiger partial charge in [0.05, 0.1) is 25.5 Å². The second kappa shape index (κ2) is 7.40. The van der Waals surface area contributed by atoms with Crippen LogP contribution in [0.3, 0.4) is 0 Å². The largest absolute Gasteiger partial charge is 0.497 e. The van der Waals surface area contributed by atoms with Crippen LogP contribution in [0.4, 0.5) is 0 Å². The molecule has 1 aromatic heterocycles. The molecule has 27 heavy (non-hydrogen) atoms. The van der Waals surface area contributed by atoms with E-state index in [1.165, 1.54) is 37.6 Å². The predicted octanol–water partition coefficient (Wildman–Crippen LogP) is -0.171. The Kier molecular flexibility index (Phi) is 5.02. The van der Waals surface area contributed by atoms with Crippen molar-refractivity contribution in [1.29, 1.82) is 0 Å². The highest BCUT2D eigenvalue weighted by Crippen LogP contribution is 2.30. The van der Waals surface area contributed by atoms with Gasteiger partial charge in [-0.15, -0.1) is 0 Å². The van der Waals surface area contributed by atoms with Gasteiger partial charge in [0.25, 0.3) is 11.8 Å². The van der Waals surface area contributed by atoms with E-state index in [1.807, 2.05) is 6.07 Å². The average Bonchev–Trinajstić information content (AvgIpc) is 3.02. The third kappa shape index (κ3) is 3.19. The molecule has 0 spiro atoms. The molecule has 140 valence electrons. The van der Waals surface area contributed by atoms with Crippen LogP contribution in [-0.4, -0.2) is 53.8 Å². The van der Waals surface area contributed by atoms with Crippen molar-refractivity contribution >= 4 is 18.2 Å². The molecule has 3 amide bonds. The fourth-order valence-electron chi connectivity index (χ4n) is 3.17. The van der Waals surface area contributed by atoms with E-state index in [1.54, 1.807) is 12.1 Å². The standard InChI is InChI=1S/C18H19N5O4/c1-19-17(26)18(22-11-24,15-8-20-5-6-21-15)10-23-9-12-3-4-13(27-2)7-14(12)16(23)25/h3-8,11H,9-10H2,1-2H3,(H,19,26)(H,22,24)/t18-/m0/s1. The Balaban J connectivity index is 1.99. The first-order valence-corrected chi connectivity index (χ1v) is 8.22. The Labute approximate surface area is 155 Å². The number of methoxy groups -OCH3 is 1. The number of carbonyl (C=O) groups excluding carboxylic acids is 3. The quantitative estimate of drug-likeness (QED) is 0.655. The van der Waals surface area contributed by atoms with Crippen LogP contribution in [0.5, 0.6) is 5.75 Å². The Hall–Kier alpha value is -3.49. The average molecular weight is 369 g/mol. The highest BCUT2D eigenvalue weighted by molar-refractivity contribution is 5.99. The molecule has 0 saturated carbocycles. The van der Waals surface area contributed by atoms with Gasteiger partial charge in [-0.3, -0.25) is 24.4 Å². The minimum Gasteiger partial charge on any atom is -0.497 e. The highest BCUT2D eigenvalue weighted by Gasteiger charge is 2.45. The second-order valence-corrected chi connectivity index (χ2v) is 6.02. The van der Waals surface area contributed by atoms with Crippen LogP contribution >= 0.6 is 0 Å². The maximum Gasteiger partial charge on any atom is 0.254 e. The van der Waals surface area contributed by atoms with E-state index in [0.717, 1.165) is 5.56 Å². The minimum atomic E-state index is -1.56. The molecular weight excluding hydrogens is 350 g/mol. The first-order valence-electron chi connectivity index (χ1n) is 8.22. The fraction of sp³-hybridized carbons (Fsp3) is 0.278. The molecule has 9 heteroatoms. The zero-order chi connectivity index (χ0) is 19.4. The van der Waals surface area contributed by atoms with Gasteiger partial charge in [-0.2, -0.15) is 0 Å². The first kappa shape index (κ1) is 18.3. The minimum absolute atomic E-state index is 0.0973. The molecule has 9 nitrogen and oxygen atoms in total. The van der Waals surface area contributed by atoms with Crippen molar-refractivity contribution in [2.24, 2.45) is 0 Å². The summed E-state index contributed by atoms with van der Waals surface area (Å²) in [6, 6.07) is 5.24. The smallest absolute Gasteiger partial charge is 0.254 e. The fourth-order valence-corrected chi connectivity index (χ4v) is 3.17. The maximum atomic E-state index is 12.9. The van der Waals surface area contributed by atoms with Crippen molar-refractivity contribution in [2.75, 3.05) is 20.7 Å². The molecule has 0 bridgehead atoms. The van der Waals surface area contributed by atoms with Crippen LogP contribution in [0, 0.1) is 0 Å². The number of likely N-dealkylation sites (N-methyl/N-ethyl adjacent to an activating group) is 1. The van der Waals surface area contributed by atoms with E-state index >= 15 is 0 Å². The van der Waals surface area contributed by atoms with Gasteiger partial charge in [0, 0.05) is 31.5 Å². The number of benzene rings is 1. The lowest BCUT2D eigenvalue weighted by Gasteiger charge is -2.34. The lowest BCUT2D eigenvalue weighted by molar-refractivity contribution is -0.131. The highest BCUT2D eigenvalue weighted by atomic mass is 16.5. The molecule has 1 atom stereocenters. The SMILES string of the molecule is CNC(=O)[C@@](CN1Cc2ccc(OC)cc2C1=O)(NC=O)c1cnccn1. The van der Waals surface area contributed by atoms with Crippen LogP contribution in [-0.2, 0) is 21.7 Å². The number of nitrogens with zero attached hydrogens (tertiary/aromatic N) is 3. The summed E-state index contributed by atoms with van der Waals surface area (Å²) < 4.78 is 5.18. The molecule has 0 aliphatic carbocycles. The second-order valence-electron chi connectivity index (χ2n) is 6.02. The van der Waals surface area contributed by atoms with E-state index in [4.69, 9.17) is 4.74 Å². The summed E-state index contributed by atoms with van der Waals surface area (Å²) in [6.45, 7) is 0.206. The van der Waals surface area contributed by atoms with E-state index in [0.29, 0.717) is 24.3 Å². The van der Waals surface area contributed by atoms with Gasteiger partial charge >= 0.3 is 0 Å². The zero-order valence-corrected chi connectivity index (χ0v) is 14.9. The van der Waals surface area contributed by atoms with Crippen molar-refractivity contribution in [3.63, 3.8) is 0 Å². The lowest BCUT2D eigenvalue weighted by Crippen LogP contribution is -2.59. The molecule has 0 saturated heterocycles. The molecule has 1 aliphatic heterocycles. The number of amides is 3. The van der Waals surface area contributed by atoms with Crippen LogP contribution in [0.1, 0.15) is 21.6 Å². The zero-order valence-electron chi connectivity index (χ0n) is 14.9. The number of ether oxygens (including phenoxy) is 1. The monoisotopic (exact) mass is 369 g/mol. The van der Waals surface area contributed by atoms with Gasteiger partial charge in [-0.1, -0.05) is 6.07 Å². The Morgan fingerprint density at radius 1 is 1.41 bits per heavy atom. The Morgan fingerprint density at radius 3 is 2.85 bits per heavy atom. The van der Waals surface area contributed by atoms with Crippen LogP contribution in [0.15, 0.2) is 36.8 Å². The summed E-state index contributed by atoms with van der Waals surface area (Å²) in [5.74, 6) is -0.188. The molecule has 0 unspecified atom stereocenters. The van der Waals surface area contributed by atoms with Gasteiger partial charge < -0.3 is 20.3 Å². The van der Waals surface area contributed by atoms with E-state index in [2.05, 4.69) is 20.6 Å². The summed E-state index contributed by atoms with van der Waals surface area (Å²) in [6.07, 6.45) is 4.69. The number of carbonyl (C=O) groups is 3. The number of rotatable bonds is 7. The molecule has 2 heterocycles. The van der Waals surface area contributed by atoms with Crippen molar-refractivity contribution < 1.29 is 19.1 Å². The van der Waals surface area contributed by atoms with Crippen molar-refractivity contribution in [3.05, 3.63) is 53.6 Å². The number of nitrogens with one attached hydrogen (secondary N) is 2. The third-order valence-electron chi connectivity index (χ3n) is 4.54. The van der Waals surface area contributed by atoms with Crippen LogP contribution in [0.2, 0.25) is 0 Å². The van der Waals surface area contributed by atoms with E-state index in [-0.39, 0.29) is 18.1 Å². The van der Waals surface area contributed by atoms with Crippen LogP contribution < -0.4 is 15.4 Å². The molecule has 3 rings (SSSR count). The van der Waals surface area contributed by atoms with Crippen molar-refractivity contribution in [1.82, 2.24) is 25.5 Å². The van der Waals surface area contributed by atoms with E-state index < -0.39 is 11.4 Å². The summed E-state index contributed by atoms with van der Waals surface area (Å²) in [5.41, 5.74) is -0.00735. The van der Waals surface area contributed by atoms with Gasteiger partial charge in [0.15, 0.2) is 5.54 Å². The molecular formula is C18H19N5O4. The molecule has 1 aliphatic rings. The maximum absolute atomic E-state index is 12.9. The predicted molar refractivity (Wildman–Crippen MR) is 94.7 cm³/mol. The summed E-state index contributed by atoms with van der Waals surface area (Å²) in [7, 11) is 2.98. The molecule has 0 radical (unpaired) electrons. The number of aromatic nitrogens is 2. The van der Waals surface area contributed by atoms with Gasteiger partial charge in [0.2, 0.25) is 6.41 Å². The Morgan fingerprint density at radius 2 is 2.22 bits per heavy atom. The van der Waals surface area contributed by atoms with Crippen molar-refractivity contribution in [3.8, 4) is 5.75 Å². The Bertz CT molecular complexity index is 873. The molecule has 0 fully saturated rings. The van der Waals surface area contributed by atoms with Gasteiger partial charge in [0.1, 0.15) is 5.75 Å². The first-order chi connectivity index (χ1) is 13.1.